The molecule has 1 aliphatic rings. The largest absolute Gasteiger partial charge is 0.411 e. The van der Waals surface area contributed by atoms with Gasteiger partial charge in [-0.05, 0) is 20.8 Å². The summed E-state index contributed by atoms with van der Waals surface area (Å²) in [6.45, 7) is 9.91. The van der Waals surface area contributed by atoms with Gasteiger partial charge in [-0.3, -0.25) is 0 Å². The highest BCUT2D eigenvalue weighted by atomic mass is 16.5. The molecule has 0 aromatic heterocycles. The zero-order chi connectivity index (χ0) is 11.3. The molecule has 0 aliphatic carbocycles. The molecule has 4 nitrogen and oxygen atoms in total. The molecule has 0 unspecified atom stereocenters. The van der Waals surface area contributed by atoms with Gasteiger partial charge in [-0.1, -0.05) is 5.16 Å². The van der Waals surface area contributed by atoms with Crippen molar-refractivity contribution in [3.05, 3.63) is 0 Å². The van der Waals surface area contributed by atoms with E-state index in [1.54, 1.807) is 0 Å². The van der Waals surface area contributed by atoms with Gasteiger partial charge in [0.1, 0.15) is 0 Å². The molecule has 0 radical (unpaired) electrons. The van der Waals surface area contributed by atoms with Crippen molar-refractivity contribution in [1.82, 2.24) is 4.90 Å². The van der Waals surface area contributed by atoms with Crippen LogP contribution in [0.15, 0.2) is 5.16 Å². The second-order valence-electron chi connectivity index (χ2n) is 4.97. The Bertz CT molecular complexity index is 211. The summed E-state index contributed by atoms with van der Waals surface area (Å²) in [5.41, 5.74) is 0.871. The molecule has 0 atom stereocenters. The van der Waals surface area contributed by atoms with Gasteiger partial charge in [0.15, 0.2) is 0 Å². The molecule has 1 aliphatic heterocycles. The van der Waals surface area contributed by atoms with E-state index in [1.807, 2.05) is 0 Å². The van der Waals surface area contributed by atoms with Crippen molar-refractivity contribution in [3.63, 3.8) is 0 Å². The highest BCUT2D eigenvalue weighted by molar-refractivity contribution is 5.84. The van der Waals surface area contributed by atoms with Crippen LogP contribution < -0.4 is 0 Å². The van der Waals surface area contributed by atoms with Crippen molar-refractivity contribution in [3.8, 4) is 0 Å². The molecular formula is C11H22N2O2. The Kier molecular flexibility index (Phi) is 4.54. The van der Waals surface area contributed by atoms with E-state index in [1.165, 1.54) is 0 Å². The van der Waals surface area contributed by atoms with E-state index >= 15 is 0 Å². The Morgan fingerprint density at radius 1 is 1.33 bits per heavy atom. The van der Waals surface area contributed by atoms with Gasteiger partial charge < -0.3 is 14.8 Å². The lowest BCUT2D eigenvalue weighted by atomic mass is 10.1. The molecule has 0 spiro atoms. The fourth-order valence-electron chi connectivity index (χ4n) is 1.62. The summed E-state index contributed by atoms with van der Waals surface area (Å²) < 4.78 is 5.66. The van der Waals surface area contributed by atoms with Crippen LogP contribution >= 0.6 is 0 Å². The number of ether oxygens (including phenoxy) is 1. The molecule has 1 N–H and O–H groups in total. The molecule has 4 heteroatoms. The maximum absolute atomic E-state index is 8.60. The molecule has 15 heavy (non-hydrogen) atoms. The van der Waals surface area contributed by atoms with Crippen molar-refractivity contribution in [1.29, 1.82) is 0 Å². The maximum Gasteiger partial charge on any atom is 0.0600 e. The highest BCUT2D eigenvalue weighted by Crippen LogP contribution is 2.09. The number of likely N-dealkylation sites (tertiary alicyclic amines) is 1. The first-order valence-electron chi connectivity index (χ1n) is 5.57. The fraction of sp³-hybridized carbons (Fsp3) is 0.909. The SMILES string of the molecule is CC(C)(C)OCCN1CCC(=NO)CC1. The van der Waals surface area contributed by atoms with Crippen LogP contribution in [0.25, 0.3) is 0 Å². The van der Waals surface area contributed by atoms with Crippen molar-refractivity contribution in [2.75, 3.05) is 26.2 Å². The lowest BCUT2D eigenvalue weighted by Crippen LogP contribution is -2.37. The first kappa shape index (κ1) is 12.5. The van der Waals surface area contributed by atoms with Gasteiger partial charge in [0.05, 0.1) is 17.9 Å². The second-order valence-corrected chi connectivity index (χ2v) is 4.97. The summed E-state index contributed by atoms with van der Waals surface area (Å²) in [6.07, 6.45) is 1.76. The van der Waals surface area contributed by atoms with Crippen LogP contribution in [0.4, 0.5) is 0 Å². The minimum Gasteiger partial charge on any atom is -0.411 e. The van der Waals surface area contributed by atoms with Gasteiger partial charge in [-0.15, -0.1) is 0 Å². The lowest BCUT2D eigenvalue weighted by molar-refractivity contribution is -0.0131. The standard InChI is InChI=1S/C11H22N2O2/c1-11(2,3)15-9-8-13-6-4-10(12-14)5-7-13/h14H,4-9H2,1-3H3. The first-order valence-corrected chi connectivity index (χ1v) is 5.57. The Morgan fingerprint density at radius 2 is 1.93 bits per heavy atom. The molecular weight excluding hydrogens is 192 g/mol. The summed E-state index contributed by atoms with van der Waals surface area (Å²) in [6, 6.07) is 0. The summed E-state index contributed by atoms with van der Waals surface area (Å²) in [7, 11) is 0. The van der Waals surface area contributed by atoms with Crippen LogP contribution in [0, 0.1) is 0 Å². The van der Waals surface area contributed by atoms with Crippen molar-refractivity contribution in [2.24, 2.45) is 5.16 Å². The Balaban J connectivity index is 2.14. The Hall–Kier alpha value is -0.610. The van der Waals surface area contributed by atoms with Crippen LogP contribution in [0.2, 0.25) is 0 Å². The zero-order valence-electron chi connectivity index (χ0n) is 9.99. The summed E-state index contributed by atoms with van der Waals surface area (Å²) in [5, 5.41) is 11.9. The van der Waals surface area contributed by atoms with Gasteiger partial charge >= 0.3 is 0 Å². The van der Waals surface area contributed by atoms with Gasteiger partial charge in [-0.25, -0.2) is 0 Å². The average molecular weight is 214 g/mol. The normalized spacial score (nSPS) is 19.3. The van der Waals surface area contributed by atoms with E-state index < -0.39 is 0 Å². The summed E-state index contributed by atoms with van der Waals surface area (Å²) >= 11 is 0. The Labute approximate surface area is 91.9 Å². The van der Waals surface area contributed by atoms with Crippen LogP contribution in [0.1, 0.15) is 33.6 Å². The van der Waals surface area contributed by atoms with Crippen LogP contribution in [0.5, 0.6) is 0 Å². The number of piperidine rings is 1. The van der Waals surface area contributed by atoms with Gasteiger partial charge in [0.2, 0.25) is 0 Å². The smallest absolute Gasteiger partial charge is 0.0600 e. The third kappa shape index (κ3) is 5.14. The predicted octanol–water partition coefficient (Wildman–Crippen LogP) is 1.73. The molecule has 88 valence electrons. The predicted molar refractivity (Wildman–Crippen MR) is 60.6 cm³/mol. The summed E-state index contributed by atoms with van der Waals surface area (Å²) in [5.74, 6) is 0. The minimum atomic E-state index is -0.0481. The van der Waals surface area contributed by atoms with Crippen molar-refractivity contribution < 1.29 is 9.94 Å². The Morgan fingerprint density at radius 3 is 2.40 bits per heavy atom. The molecule has 0 amide bonds. The number of oxime groups is 1. The summed E-state index contributed by atoms with van der Waals surface area (Å²) in [4.78, 5) is 2.35. The second kappa shape index (κ2) is 5.47. The highest BCUT2D eigenvalue weighted by Gasteiger charge is 2.16. The van der Waals surface area contributed by atoms with Crippen LogP contribution in [-0.2, 0) is 4.74 Å². The molecule has 1 fully saturated rings. The molecule has 1 rings (SSSR count). The fourth-order valence-corrected chi connectivity index (χ4v) is 1.62. The van der Waals surface area contributed by atoms with E-state index in [9.17, 15) is 0 Å². The van der Waals surface area contributed by atoms with Crippen molar-refractivity contribution in [2.45, 2.75) is 39.2 Å². The molecule has 0 aromatic carbocycles. The topological polar surface area (TPSA) is 45.1 Å². The zero-order valence-corrected chi connectivity index (χ0v) is 9.99. The molecule has 1 saturated heterocycles. The maximum atomic E-state index is 8.60. The van der Waals surface area contributed by atoms with Gasteiger partial charge in [0.25, 0.3) is 0 Å². The lowest BCUT2D eigenvalue weighted by Gasteiger charge is -2.28. The quantitative estimate of drug-likeness (QED) is 0.575. The van der Waals surface area contributed by atoms with Gasteiger partial charge in [-0.2, -0.15) is 0 Å². The number of hydrogen-bond donors (Lipinski definition) is 1. The van der Waals surface area contributed by atoms with E-state index in [0.29, 0.717) is 0 Å². The molecule has 0 aromatic rings. The van der Waals surface area contributed by atoms with E-state index in [0.717, 1.165) is 44.8 Å². The van der Waals surface area contributed by atoms with E-state index in [-0.39, 0.29) is 5.60 Å². The van der Waals surface area contributed by atoms with Crippen molar-refractivity contribution >= 4 is 5.71 Å². The number of rotatable bonds is 3. The number of nitrogens with zero attached hydrogens (tertiary/aromatic N) is 2. The van der Waals surface area contributed by atoms with E-state index in [2.05, 4.69) is 30.8 Å². The average Bonchev–Trinajstić information content (AvgIpc) is 2.17. The van der Waals surface area contributed by atoms with Crippen LogP contribution in [-0.4, -0.2) is 47.7 Å². The van der Waals surface area contributed by atoms with Crippen LogP contribution in [0.3, 0.4) is 0 Å². The third-order valence-electron chi connectivity index (χ3n) is 2.52. The first-order chi connectivity index (χ1) is 7.01. The molecule has 0 bridgehead atoms. The minimum absolute atomic E-state index is 0.0481. The molecule has 0 saturated carbocycles. The number of hydrogen-bond acceptors (Lipinski definition) is 4. The van der Waals surface area contributed by atoms with Gasteiger partial charge in [0, 0.05) is 32.5 Å². The van der Waals surface area contributed by atoms with E-state index in [4.69, 9.17) is 9.94 Å². The molecule has 1 heterocycles. The third-order valence-corrected chi connectivity index (χ3v) is 2.52. The monoisotopic (exact) mass is 214 g/mol.